The smallest absolute Gasteiger partial charge is 0.268 e. The summed E-state index contributed by atoms with van der Waals surface area (Å²) in [5.41, 5.74) is 6.39. The van der Waals surface area contributed by atoms with Gasteiger partial charge in [0.1, 0.15) is 0 Å². The van der Waals surface area contributed by atoms with Crippen molar-refractivity contribution in [1.82, 2.24) is 10.9 Å². The van der Waals surface area contributed by atoms with Crippen LogP contribution in [0.15, 0.2) is 48.6 Å². The molecule has 0 aliphatic rings. The summed E-state index contributed by atoms with van der Waals surface area (Å²) in [7, 11) is 0. The average Bonchev–Trinajstić information content (AvgIpc) is 2.44. The van der Waals surface area contributed by atoms with E-state index in [0.717, 1.165) is 5.56 Å². The number of hydrazine groups is 1. The summed E-state index contributed by atoms with van der Waals surface area (Å²) >= 11 is 0. The number of carbonyl (C=O) groups is 2. The molecule has 0 atom stereocenters. The monoisotopic (exact) mass is 286 g/mol. The maximum atomic E-state index is 11.9. The van der Waals surface area contributed by atoms with Gasteiger partial charge in [-0.25, -0.2) is 0 Å². The largest absolute Gasteiger partial charge is 0.269 e. The maximum Gasteiger partial charge on any atom is 0.269 e. The number of hydrogen-bond acceptors (Lipinski definition) is 2. The van der Waals surface area contributed by atoms with E-state index in [9.17, 15) is 9.59 Å². The van der Waals surface area contributed by atoms with Crippen molar-refractivity contribution in [1.29, 1.82) is 0 Å². The molecule has 1 aromatic rings. The molecule has 0 fully saturated rings. The van der Waals surface area contributed by atoms with Gasteiger partial charge in [0.15, 0.2) is 0 Å². The molecule has 2 N–H and O–H groups in total. The van der Waals surface area contributed by atoms with E-state index >= 15 is 0 Å². The summed E-state index contributed by atoms with van der Waals surface area (Å²) in [5, 5.41) is 0. The minimum atomic E-state index is -0.382. The Bertz CT molecular complexity index is 549. The number of amides is 2. The molecule has 0 unspecified atom stereocenters. The van der Waals surface area contributed by atoms with Crippen molar-refractivity contribution in [3.8, 4) is 0 Å². The summed E-state index contributed by atoms with van der Waals surface area (Å²) < 4.78 is 0. The SMILES string of the molecule is C/C=C/C=C/C(=O)NNC(=O)c1ccc(C(C)(C)C)cc1. The molecule has 4 nitrogen and oxygen atoms in total. The van der Waals surface area contributed by atoms with E-state index < -0.39 is 0 Å². The molecule has 0 aliphatic carbocycles. The normalized spacial score (nSPS) is 11.8. The Kier molecular flexibility index (Phi) is 5.91. The van der Waals surface area contributed by atoms with Crippen LogP contribution in [-0.4, -0.2) is 11.8 Å². The van der Waals surface area contributed by atoms with Gasteiger partial charge in [0.2, 0.25) is 0 Å². The first-order valence-corrected chi connectivity index (χ1v) is 6.85. The second kappa shape index (κ2) is 7.43. The molecule has 21 heavy (non-hydrogen) atoms. The highest BCUT2D eigenvalue weighted by Gasteiger charge is 2.14. The topological polar surface area (TPSA) is 58.2 Å². The quantitative estimate of drug-likeness (QED) is 0.510. The molecule has 0 radical (unpaired) electrons. The highest BCUT2D eigenvalue weighted by atomic mass is 16.2. The lowest BCUT2D eigenvalue weighted by Gasteiger charge is -2.19. The van der Waals surface area contributed by atoms with Gasteiger partial charge in [0.05, 0.1) is 0 Å². The second-order valence-corrected chi connectivity index (χ2v) is 5.66. The van der Waals surface area contributed by atoms with Crippen LogP contribution in [0.5, 0.6) is 0 Å². The van der Waals surface area contributed by atoms with Crippen molar-refractivity contribution < 1.29 is 9.59 Å². The molecule has 1 aromatic carbocycles. The van der Waals surface area contributed by atoms with Crippen molar-refractivity contribution in [3.05, 3.63) is 59.7 Å². The molecular formula is C17H22N2O2. The maximum absolute atomic E-state index is 11.9. The third-order valence-electron chi connectivity index (χ3n) is 2.86. The van der Waals surface area contributed by atoms with Crippen LogP contribution in [0.2, 0.25) is 0 Å². The molecule has 4 heteroatoms. The minimum Gasteiger partial charge on any atom is -0.268 e. The van der Waals surface area contributed by atoms with E-state index in [2.05, 4.69) is 31.6 Å². The van der Waals surface area contributed by atoms with E-state index in [1.165, 1.54) is 6.08 Å². The molecule has 2 amide bonds. The first-order chi connectivity index (χ1) is 9.84. The van der Waals surface area contributed by atoms with Crippen molar-refractivity contribution in [2.75, 3.05) is 0 Å². The fourth-order valence-corrected chi connectivity index (χ4v) is 1.61. The lowest BCUT2D eigenvalue weighted by Crippen LogP contribution is -2.40. The fourth-order valence-electron chi connectivity index (χ4n) is 1.61. The lowest BCUT2D eigenvalue weighted by atomic mass is 9.87. The van der Waals surface area contributed by atoms with Crippen LogP contribution in [-0.2, 0) is 10.2 Å². The van der Waals surface area contributed by atoms with Crippen LogP contribution in [0, 0.1) is 0 Å². The van der Waals surface area contributed by atoms with Gasteiger partial charge in [-0.3, -0.25) is 20.4 Å². The zero-order chi connectivity index (χ0) is 15.9. The fraction of sp³-hybridized carbons (Fsp3) is 0.294. The molecule has 0 bridgehead atoms. The summed E-state index contributed by atoms with van der Waals surface area (Å²) in [5.74, 6) is -0.726. The zero-order valence-electron chi connectivity index (χ0n) is 12.9. The van der Waals surface area contributed by atoms with Gasteiger partial charge in [-0.1, -0.05) is 51.1 Å². The lowest BCUT2D eigenvalue weighted by molar-refractivity contribution is -0.117. The second-order valence-electron chi connectivity index (χ2n) is 5.66. The van der Waals surface area contributed by atoms with Crippen molar-refractivity contribution in [3.63, 3.8) is 0 Å². The predicted molar refractivity (Wildman–Crippen MR) is 84.7 cm³/mol. The first kappa shape index (κ1) is 16.7. The van der Waals surface area contributed by atoms with Crippen LogP contribution >= 0.6 is 0 Å². The standard InChI is InChI=1S/C17H22N2O2/c1-5-6-7-8-15(20)18-19-16(21)13-9-11-14(12-10-13)17(2,3)4/h5-12H,1-4H3,(H,18,20)(H,19,21)/b6-5+,8-7+. The van der Waals surface area contributed by atoms with Crippen molar-refractivity contribution >= 4 is 11.8 Å². The average molecular weight is 286 g/mol. The molecular weight excluding hydrogens is 264 g/mol. The van der Waals surface area contributed by atoms with E-state index in [1.807, 2.05) is 19.1 Å². The van der Waals surface area contributed by atoms with Gasteiger partial charge in [-0.05, 0) is 30.0 Å². The van der Waals surface area contributed by atoms with Crippen molar-refractivity contribution in [2.45, 2.75) is 33.1 Å². The Labute approximate surface area is 125 Å². The number of rotatable bonds is 3. The van der Waals surface area contributed by atoms with Gasteiger partial charge in [0.25, 0.3) is 11.8 Å². The van der Waals surface area contributed by atoms with E-state index in [-0.39, 0.29) is 17.2 Å². The van der Waals surface area contributed by atoms with Gasteiger partial charge in [0, 0.05) is 11.6 Å². The molecule has 0 aromatic heterocycles. The Hall–Kier alpha value is -2.36. The summed E-state index contributed by atoms with van der Waals surface area (Å²) in [6.45, 7) is 8.18. The number of allylic oxidation sites excluding steroid dienone is 3. The van der Waals surface area contributed by atoms with Gasteiger partial charge >= 0.3 is 0 Å². The summed E-state index contributed by atoms with van der Waals surface area (Å²) in [6.07, 6.45) is 6.47. The molecule has 0 aliphatic heterocycles. The molecule has 0 saturated heterocycles. The van der Waals surface area contributed by atoms with E-state index in [0.29, 0.717) is 5.56 Å². The number of hydrogen-bond donors (Lipinski definition) is 2. The molecule has 0 spiro atoms. The van der Waals surface area contributed by atoms with Crippen LogP contribution in [0.1, 0.15) is 43.6 Å². The summed E-state index contributed by atoms with van der Waals surface area (Å²) in [4.78, 5) is 23.3. The van der Waals surface area contributed by atoms with Gasteiger partial charge in [-0.2, -0.15) is 0 Å². The number of carbonyl (C=O) groups excluding carboxylic acids is 2. The Morgan fingerprint density at radius 1 is 1.00 bits per heavy atom. The Balaban J connectivity index is 2.58. The number of benzene rings is 1. The molecule has 1 rings (SSSR count). The van der Waals surface area contributed by atoms with Crippen LogP contribution in [0.4, 0.5) is 0 Å². The molecule has 0 saturated carbocycles. The Morgan fingerprint density at radius 3 is 2.14 bits per heavy atom. The summed E-state index contributed by atoms with van der Waals surface area (Å²) in [6, 6.07) is 7.33. The number of nitrogens with one attached hydrogen (secondary N) is 2. The van der Waals surface area contributed by atoms with Gasteiger partial charge < -0.3 is 0 Å². The minimum absolute atomic E-state index is 0.0425. The van der Waals surface area contributed by atoms with E-state index in [1.54, 1.807) is 30.4 Å². The highest BCUT2D eigenvalue weighted by molar-refractivity contribution is 5.96. The Morgan fingerprint density at radius 2 is 1.62 bits per heavy atom. The van der Waals surface area contributed by atoms with E-state index in [4.69, 9.17) is 0 Å². The van der Waals surface area contributed by atoms with Crippen LogP contribution in [0.3, 0.4) is 0 Å². The predicted octanol–water partition coefficient (Wildman–Crippen LogP) is 2.88. The molecule has 112 valence electrons. The van der Waals surface area contributed by atoms with Crippen molar-refractivity contribution in [2.24, 2.45) is 0 Å². The van der Waals surface area contributed by atoms with Crippen LogP contribution < -0.4 is 10.9 Å². The van der Waals surface area contributed by atoms with Gasteiger partial charge in [-0.15, -0.1) is 0 Å². The molecule has 0 heterocycles. The third kappa shape index (κ3) is 5.65. The first-order valence-electron chi connectivity index (χ1n) is 6.85. The third-order valence-corrected chi connectivity index (χ3v) is 2.86. The zero-order valence-corrected chi connectivity index (χ0v) is 12.9. The highest BCUT2D eigenvalue weighted by Crippen LogP contribution is 2.22. The van der Waals surface area contributed by atoms with Crippen LogP contribution in [0.25, 0.3) is 0 Å².